The summed E-state index contributed by atoms with van der Waals surface area (Å²) in [6.45, 7) is 1.15. The number of Topliss-reactive ketones (excluding diaryl/α,β-unsaturated/α-hetero) is 2. The minimum absolute atomic E-state index is 0.564. The molecular formula is C10H15NO9. The zero-order chi connectivity index (χ0) is 16.5. The Labute approximate surface area is 112 Å². The Kier molecular flexibility index (Phi) is 5.10. The van der Waals surface area contributed by atoms with Crippen molar-refractivity contribution in [2.24, 2.45) is 5.73 Å². The third-order valence-electron chi connectivity index (χ3n) is 2.93. The highest BCUT2D eigenvalue weighted by atomic mass is 16.4. The Bertz CT molecular complexity index is 446. The highest BCUT2D eigenvalue weighted by Gasteiger charge is 2.66. The summed E-state index contributed by atoms with van der Waals surface area (Å²) in [7, 11) is 0. The fourth-order valence-corrected chi connectivity index (χ4v) is 1.67. The molecule has 0 aromatic rings. The van der Waals surface area contributed by atoms with Gasteiger partial charge >= 0.3 is 5.97 Å². The number of aliphatic hydroxyl groups excluding tert-OH is 2. The topological polar surface area (TPSA) is 195 Å². The standard InChI is InChI=1S/C10H15NO9/c1-3(12)9(19,6(15)5(14)7(16)17)10(20,4(2)13)8(11)18/h5-6,14-15,19-20H,1-2H3,(H2,11,18)(H,16,17)/t5-,6+,9-,10+/m0/s1. The molecule has 20 heavy (non-hydrogen) atoms. The van der Waals surface area contributed by atoms with Crippen LogP contribution in [0.4, 0.5) is 0 Å². The molecule has 0 saturated heterocycles. The Balaban J connectivity index is 6.22. The van der Waals surface area contributed by atoms with E-state index in [1.165, 1.54) is 0 Å². The van der Waals surface area contributed by atoms with Crippen LogP contribution in [0.3, 0.4) is 0 Å². The van der Waals surface area contributed by atoms with Gasteiger partial charge in [-0.3, -0.25) is 14.4 Å². The number of primary amides is 1. The molecule has 0 unspecified atom stereocenters. The van der Waals surface area contributed by atoms with Gasteiger partial charge in [-0.05, 0) is 13.8 Å². The van der Waals surface area contributed by atoms with E-state index in [9.17, 15) is 39.6 Å². The number of carboxylic acids is 1. The molecule has 4 atom stereocenters. The molecule has 10 heteroatoms. The quantitative estimate of drug-likeness (QED) is 0.253. The van der Waals surface area contributed by atoms with Crippen LogP contribution >= 0.6 is 0 Å². The molecule has 0 aromatic carbocycles. The van der Waals surface area contributed by atoms with Crippen molar-refractivity contribution in [2.45, 2.75) is 37.3 Å². The number of amides is 1. The number of hydrogen-bond donors (Lipinski definition) is 6. The fraction of sp³-hybridized carbons (Fsp3) is 0.600. The Morgan fingerprint density at radius 2 is 1.40 bits per heavy atom. The number of carbonyl (C=O) groups excluding carboxylic acids is 3. The zero-order valence-corrected chi connectivity index (χ0v) is 10.6. The molecule has 0 radical (unpaired) electrons. The van der Waals surface area contributed by atoms with Gasteiger partial charge in [-0.1, -0.05) is 0 Å². The Hall–Kier alpha value is -1.88. The van der Waals surface area contributed by atoms with Gasteiger partial charge in [-0.15, -0.1) is 0 Å². The van der Waals surface area contributed by atoms with E-state index in [2.05, 4.69) is 0 Å². The SMILES string of the molecule is CC(=O)[C@@](O)(C(N)=O)[C@](O)(C(C)=O)[C@H](O)[C@H](O)C(=O)O. The summed E-state index contributed by atoms with van der Waals surface area (Å²) in [4.78, 5) is 44.6. The van der Waals surface area contributed by atoms with Gasteiger partial charge in [0.15, 0.2) is 23.3 Å². The van der Waals surface area contributed by atoms with Crippen LogP contribution in [0.5, 0.6) is 0 Å². The summed E-state index contributed by atoms with van der Waals surface area (Å²) in [5, 5.41) is 47.2. The van der Waals surface area contributed by atoms with Gasteiger partial charge in [0, 0.05) is 0 Å². The molecule has 7 N–H and O–H groups in total. The molecule has 0 fully saturated rings. The summed E-state index contributed by atoms with van der Waals surface area (Å²) >= 11 is 0. The minimum atomic E-state index is -3.62. The van der Waals surface area contributed by atoms with E-state index in [1.807, 2.05) is 0 Å². The van der Waals surface area contributed by atoms with Crippen molar-refractivity contribution in [3.8, 4) is 0 Å². The molecule has 114 valence electrons. The van der Waals surface area contributed by atoms with E-state index in [-0.39, 0.29) is 0 Å². The average Bonchev–Trinajstić information content (AvgIpc) is 2.33. The molecule has 0 aromatic heterocycles. The van der Waals surface area contributed by atoms with Crippen LogP contribution in [0, 0.1) is 0 Å². The lowest BCUT2D eigenvalue weighted by molar-refractivity contribution is -0.217. The molecule has 0 rings (SSSR count). The van der Waals surface area contributed by atoms with E-state index in [0.717, 1.165) is 0 Å². The van der Waals surface area contributed by atoms with Crippen molar-refractivity contribution in [3.05, 3.63) is 0 Å². The van der Waals surface area contributed by atoms with Gasteiger partial charge < -0.3 is 31.3 Å². The molecule has 0 spiro atoms. The van der Waals surface area contributed by atoms with Crippen LogP contribution in [0.15, 0.2) is 0 Å². The maximum atomic E-state index is 11.5. The number of aliphatic hydroxyl groups is 4. The Morgan fingerprint density at radius 1 is 1.00 bits per heavy atom. The molecular weight excluding hydrogens is 278 g/mol. The normalized spacial score (nSPS) is 20.1. The minimum Gasteiger partial charge on any atom is -0.479 e. The Morgan fingerprint density at radius 3 is 1.60 bits per heavy atom. The van der Waals surface area contributed by atoms with Crippen molar-refractivity contribution in [3.63, 3.8) is 0 Å². The van der Waals surface area contributed by atoms with Gasteiger partial charge in [0.2, 0.25) is 5.60 Å². The lowest BCUT2D eigenvalue weighted by atomic mass is 9.71. The average molecular weight is 293 g/mol. The third-order valence-corrected chi connectivity index (χ3v) is 2.93. The number of carbonyl (C=O) groups is 4. The van der Waals surface area contributed by atoms with E-state index >= 15 is 0 Å². The molecule has 1 amide bonds. The predicted molar refractivity (Wildman–Crippen MR) is 60.1 cm³/mol. The third kappa shape index (κ3) is 2.41. The van der Waals surface area contributed by atoms with Crippen molar-refractivity contribution >= 4 is 23.4 Å². The monoisotopic (exact) mass is 293 g/mol. The van der Waals surface area contributed by atoms with Gasteiger partial charge in [0.05, 0.1) is 0 Å². The second-order valence-electron chi connectivity index (χ2n) is 4.18. The van der Waals surface area contributed by atoms with Crippen LogP contribution in [-0.4, -0.2) is 72.4 Å². The maximum Gasteiger partial charge on any atom is 0.335 e. The molecule has 0 aliphatic rings. The first-order valence-electron chi connectivity index (χ1n) is 5.20. The molecule has 0 aliphatic heterocycles. The molecule has 10 nitrogen and oxygen atoms in total. The highest BCUT2D eigenvalue weighted by molar-refractivity contribution is 6.14. The van der Waals surface area contributed by atoms with Crippen molar-refractivity contribution in [1.82, 2.24) is 0 Å². The number of nitrogens with two attached hydrogens (primary N) is 1. The lowest BCUT2D eigenvalue weighted by Crippen LogP contribution is -2.75. The summed E-state index contributed by atoms with van der Waals surface area (Å²) in [5.74, 6) is -7.01. The number of ketones is 2. The van der Waals surface area contributed by atoms with Crippen LogP contribution in [-0.2, 0) is 19.2 Å². The number of rotatable bonds is 7. The van der Waals surface area contributed by atoms with E-state index < -0.39 is 46.9 Å². The van der Waals surface area contributed by atoms with Gasteiger partial charge in [-0.25, -0.2) is 4.79 Å². The summed E-state index contributed by atoms with van der Waals surface area (Å²) in [5.41, 5.74) is -2.48. The first-order chi connectivity index (χ1) is 8.84. The lowest BCUT2D eigenvalue weighted by Gasteiger charge is -2.41. The number of carboxylic acid groups (broad SMARTS) is 1. The van der Waals surface area contributed by atoms with Crippen LogP contribution in [0.25, 0.3) is 0 Å². The summed E-state index contributed by atoms with van der Waals surface area (Å²) in [6.07, 6.45) is -5.63. The largest absolute Gasteiger partial charge is 0.479 e. The molecule has 0 bridgehead atoms. The van der Waals surface area contributed by atoms with Crippen LogP contribution < -0.4 is 5.73 Å². The first-order valence-corrected chi connectivity index (χ1v) is 5.20. The van der Waals surface area contributed by atoms with Gasteiger partial charge in [0.25, 0.3) is 5.91 Å². The van der Waals surface area contributed by atoms with Gasteiger partial charge in [0.1, 0.15) is 6.10 Å². The van der Waals surface area contributed by atoms with Crippen LogP contribution in [0.2, 0.25) is 0 Å². The van der Waals surface area contributed by atoms with E-state index in [0.29, 0.717) is 13.8 Å². The van der Waals surface area contributed by atoms with Crippen LogP contribution in [0.1, 0.15) is 13.8 Å². The highest BCUT2D eigenvalue weighted by Crippen LogP contribution is 2.30. The summed E-state index contributed by atoms with van der Waals surface area (Å²) < 4.78 is 0. The second kappa shape index (κ2) is 5.63. The van der Waals surface area contributed by atoms with Crippen molar-refractivity contribution in [2.75, 3.05) is 0 Å². The van der Waals surface area contributed by atoms with E-state index in [4.69, 9.17) is 10.8 Å². The number of hydrogen-bond acceptors (Lipinski definition) is 8. The second-order valence-corrected chi connectivity index (χ2v) is 4.18. The van der Waals surface area contributed by atoms with Crippen molar-refractivity contribution in [1.29, 1.82) is 0 Å². The smallest absolute Gasteiger partial charge is 0.335 e. The van der Waals surface area contributed by atoms with E-state index in [1.54, 1.807) is 0 Å². The predicted octanol–water partition coefficient (Wildman–Crippen LogP) is -4.08. The molecule has 0 saturated carbocycles. The summed E-state index contributed by atoms with van der Waals surface area (Å²) in [6, 6.07) is 0. The maximum absolute atomic E-state index is 11.5. The van der Waals surface area contributed by atoms with Gasteiger partial charge in [-0.2, -0.15) is 0 Å². The fourth-order valence-electron chi connectivity index (χ4n) is 1.67. The zero-order valence-electron chi connectivity index (χ0n) is 10.6. The molecule has 0 aliphatic carbocycles. The van der Waals surface area contributed by atoms with Crippen molar-refractivity contribution < 1.29 is 44.7 Å². The first kappa shape index (κ1) is 18.1. The number of aliphatic carboxylic acids is 1. The molecule has 0 heterocycles.